The number of hydrogen-bond donors (Lipinski definition) is 0. The number of rotatable bonds is 1. The highest BCUT2D eigenvalue weighted by molar-refractivity contribution is 9.10. The number of nitrogens with zero attached hydrogens (tertiary/aromatic N) is 1. The van der Waals surface area contributed by atoms with Gasteiger partial charge in [-0.05, 0) is 44.2 Å². The number of fused-ring (bicyclic) bond motifs is 3. The molecule has 0 unspecified atom stereocenters. The summed E-state index contributed by atoms with van der Waals surface area (Å²) in [7, 11) is 3.29. The Kier molecular flexibility index (Phi) is 4.19. The van der Waals surface area contributed by atoms with Crippen molar-refractivity contribution in [2.75, 3.05) is 4.90 Å². The Morgan fingerprint density at radius 2 is 1.76 bits per heavy atom. The van der Waals surface area contributed by atoms with Crippen LogP contribution in [0.3, 0.4) is 0 Å². The van der Waals surface area contributed by atoms with E-state index in [1.165, 1.54) is 0 Å². The quantitative estimate of drug-likeness (QED) is 0.299. The van der Waals surface area contributed by atoms with Crippen molar-refractivity contribution in [3.8, 4) is 11.1 Å². The molecule has 1 aromatic heterocycles. The first-order valence-electron chi connectivity index (χ1n) is 7.74. The molecule has 0 spiro atoms. The first-order chi connectivity index (χ1) is 11.9. The van der Waals surface area contributed by atoms with Gasteiger partial charge in [-0.3, -0.25) is 9.69 Å². The summed E-state index contributed by atoms with van der Waals surface area (Å²) >= 11 is 9.01. The van der Waals surface area contributed by atoms with Crippen LogP contribution in [0, 0.1) is 3.82 Å². The summed E-state index contributed by atoms with van der Waals surface area (Å²) in [5, 5.41) is 0. The average Bonchev–Trinajstić information content (AvgIpc) is 2.98. The van der Waals surface area contributed by atoms with Crippen LogP contribution < -0.4 is 4.90 Å². The summed E-state index contributed by atoms with van der Waals surface area (Å²) in [5.41, 5.74) is 3.31. The summed E-state index contributed by atoms with van der Waals surface area (Å²) in [4.78, 5) is 16.5. The number of carbonyl (C=O) groups excluding carboxylic acids is 1. The van der Waals surface area contributed by atoms with E-state index in [0.717, 1.165) is 30.0 Å². The molecule has 1 aliphatic rings. The maximum Gasteiger partial charge on any atom is 0.259 e. The van der Waals surface area contributed by atoms with Gasteiger partial charge in [-0.15, -0.1) is 0 Å². The highest BCUT2D eigenvalue weighted by Gasteiger charge is 2.42. The molecular formula is C19H14BrNOS3. The van der Waals surface area contributed by atoms with Crippen LogP contribution in [-0.4, -0.2) is 5.91 Å². The number of amides is 1. The Bertz CT molecular complexity index is 1030. The topological polar surface area (TPSA) is 20.3 Å². The van der Waals surface area contributed by atoms with Gasteiger partial charge in [-0.25, -0.2) is 0 Å². The Hall–Kier alpha value is -1.34. The van der Waals surface area contributed by atoms with E-state index in [0.29, 0.717) is 5.56 Å². The number of carbonyl (C=O) groups is 1. The van der Waals surface area contributed by atoms with E-state index in [9.17, 15) is 4.79 Å². The number of hydrogen-bond acceptors (Lipinski definition) is 4. The fraction of sp³-hybridized carbons (Fsp3) is 0.158. The molecule has 0 bridgehead atoms. The normalized spacial score (nSPS) is 14.8. The van der Waals surface area contributed by atoms with Crippen molar-refractivity contribution in [3.63, 3.8) is 0 Å². The summed E-state index contributed by atoms with van der Waals surface area (Å²) in [6.45, 7) is 4.19. The fourth-order valence-corrected chi connectivity index (χ4v) is 6.81. The van der Waals surface area contributed by atoms with Crippen molar-refractivity contribution in [2.45, 2.75) is 19.4 Å². The van der Waals surface area contributed by atoms with Gasteiger partial charge in [0.25, 0.3) is 5.91 Å². The Labute approximate surface area is 167 Å². The molecule has 25 heavy (non-hydrogen) atoms. The highest BCUT2D eigenvalue weighted by atomic mass is 79.9. The Morgan fingerprint density at radius 1 is 1.08 bits per heavy atom. The number of halogens is 1. The van der Waals surface area contributed by atoms with Crippen molar-refractivity contribution in [1.29, 1.82) is 0 Å². The predicted octanol–water partition coefficient (Wildman–Crippen LogP) is 6.86. The minimum atomic E-state index is -0.452. The third-order valence-corrected chi connectivity index (χ3v) is 8.31. The van der Waals surface area contributed by atoms with Crippen molar-refractivity contribution in [2.24, 2.45) is 0 Å². The second kappa shape index (κ2) is 6.13. The fourth-order valence-electron chi connectivity index (χ4n) is 3.26. The highest BCUT2D eigenvalue weighted by Crippen LogP contribution is 2.52. The van der Waals surface area contributed by atoms with Crippen LogP contribution in [0.4, 0.5) is 5.69 Å². The maximum atomic E-state index is 13.4. The molecule has 1 aliphatic heterocycles. The standard InChI is InChI=1S/C19H14BrNOS3/c1-19(2)16-15(18(23)25-24-16)13-5-3-4-6-14(13)21(19)17(22)11-7-9-12(20)10-8-11/h3-10H,1-2H3. The minimum Gasteiger partial charge on any atom is -0.297 e. The van der Waals surface area contributed by atoms with Gasteiger partial charge >= 0.3 is 0 Å². The molecule has 0 atom stereocenters. The van der Waals surface area contributed by atoms with Crippen molar-refractivity contribution in [1.82, 2.24) is 0 Å². The Morgan fingerprint density at radius 3 is 2.48 bits per heavy atom. The molecule has 126 valence electrons. The summed E-state index contributed by atoms with van der Waals surface area (Å²) < 4.78 is 1.86. The molecule has 1 amide bonds. The lowest BCUT2D eigenvalue weighted by Crippen LogP contribution is -2.47. The second-order valence-corrected chi connectivity index (χ2v) is 10.1. The monoisotopic (exact) mass is 447 g/mol. The van der Waals surface area contributed by atoms with Gasteiger partial charge < -0.3 is 0 Å². The van der Waals surface area contributed by atoms with Gasteiger partial charge in [0.15, 0.2) is 0 Å². The lowest BCUT2D eigenvalue weighted by Gasteiger charge is -2.43. The minimum absolute atomic E-state index is 0.0000756. The molecular weight excluding hydrogens is 434 g/mol. The maximum absolute atomic E-state index is 13.4. The number of para-hydroxylation sites is 1. The first-order valence-corrected chi connectivity index (χ1v) is 11.1. The van der Waals surface area contributed by atoms with Crippen LogP contribution in [0.1, 0.15) is 29.1 Å². The van der Waals surface area contributed by atoms with E-state index in [-0.39, 0.29) is 5.91 Å². The van der Waals surface area contributed by atoms with E-state index in [1.807, 2.05) is 47.4 Å². The van der Waals surface area contributed by atoms with Crippen LogP contribution in [0.2, 0.25) is 0 Å². The Balaban J connectivity index is 1.95. The van der Waals surface area contributed by atoms with E-state index in [4.69, 9.17) is 12.2 Å². The van der Waals surface area contributed by atoms with Crippen LogP contribution >= 0.6 is 48.8 Å². The van der Waals surface area contributed by atoms with Gasteiger partial charge in [0.05, 0.1) is 16.1 Å². The van der Waals surface area contributed by atoms with Gasteiger partial charge in [0, 0.05) is 21.2 Å². The van der Waals surface area contributed by atoms with Gasteiger partial charge in [0.1, 0.15) is 3.82 Å². The molecule has 2 nitrogen and oxygen atoms in total. The zero-order valence-corrected chi connectivity index (χ0v) is 17.6. The lowest BCUT2D eigenvalue weighted by molar-refractivity contribution is 0.0961. The average molecular weight is 448 g/mol. The molecule has 0 aliphatic carbocycles. The molecule has 0 saturated carbocycles. The van der Waals surface area contributed by atoms with Gasteiger partial charge in [-0.2, -0.15) is 0 Å². The summed E-state index contributed by atoms with van der Waals surface area (Å²) in [5.74, 6) is -0.0000756. The van der Waals surface area contributed by atoms with Gasteiger partial charge in [-0.1, -0.05) is 67.0 Å². The van der Waals surface area contributed by atoms with E-state index in [2.05, 4.69) is 35.8 Å². The molecule has 0 N–H and O–H groups in total. The molecule has 0 radical (unpaired) electrons. The number of benzene rings is 2. The smallest absolute Gasteiger partial charge is 0.259 e. The second-order valence-electron chi connectivity index (χ2n) is 6.38. The molecule has 2 aromatic carbocycles. The molecule has 3 aromatic rings. The molecule has 6 heteroatoms. The third kappa shape index (κ3) is 2.63. The van der Waals surface area contributed by atoms with E-state index >= 15 is 0 Å². The third-order valence-electron chi connectivity index (χ3n) is 4.46. The number of anilines is 1. The van der Waals surface area contributed by atoms with Crippen LogP contribution in [0.25, 0.3) is 11.1 Å². The SMILES string of the molecule is CC1(C)c2ssc(=S)c2-c2ccccc2N1C(=O)c1ccc(Br)cc1. The van der Waals surface area contributed by atoms with Crippen molar-refractivity contribution >= 4 is 60.4 Å². The predicted molar refractivity (Wildman–Crippen MR) is 112 cm³/mol. The van der Waals surface area contributed by atoms with Crippen molar-refractivity contribution < 1.29 is 4.79 Å². The van der Waals surface area contributed by atoms with E-state index in [1.54, 1.807) is 20.7 Å². The zero-order valence-electron chi connectivity index (χ0n) is 13.6. The zero-order chi connectivity index (χ0) is 17.8. The largest absolute Gasteiger partial charge is 0.297 e. The molecule has 0 saturated heterocycles. The van der Waals surface area contributed by atoms with Gasteiger partial charge in [0.2, 0.25) is 0 Å². The molecule has 0 fully saturated rings. The summed E-state index contributed by atoms with van der Waals surface area (Å²) in [6, 6.07) is 15.5. The van der Waals surface area contributed by atoms with E-state index < -0.39 is 5.54 Å². The molecule has 2 heterocycles. The van der Waals surface area contributed by atoms with Crippen LogP contribution in [0.5, 0.6) is 0 Å². The summed E-state index contributed by atoms with van der Waals surface area (Å²) in [6.07, 6.45) is 0. The van der Waals surface area contributed by atoms with Crippen LogP contribution in [-0.2, 0) is 5.54 Å². The first kappa shape index (κ1) is 17.1. The molecule has 4 rings (SSSR count). The van der Waals surface area contributed by atoms with Crippen LogP contribution in [0.15, 0.2) is 53.0 Å². The lowest BCUT2D eigenvalue weighted by atomic mass is 9.87. The van der Waals surface area contributed by atoms with Crippen molar-refractivity contribution in [3.05, 3.63) is 67.3 Å².